The minimum atomic E-state index is 0.417. The molecule has 1 N–H and O–H groups in total. The van der Waals surface area contributed by atoms with Crippen LogP contribution >= 0.6 is 0 Å². The van der Waals surface area contributed by atoms with E-state index in [4.69, 9.17) is 0 Å². The number of aromatic hydroxyl groups is 1. The molecule has 1 heterocycles. The van der Waals surface area contributed by atoms with Crippen molar-refractivity contribution in [2.24, 2.45) is 0 Å². The molecular formula is C15H24N2O. The predicted octanol–water partition coefficient (Wildman–Crippen LogP) is 2.23. The monoisotopic (exact) mass is 248 g/mol. The molecule has 0 bridgehead atoms. The Hall–Kier alpha value is -1.06. The molecule has 1 fully saturated rings. The van der Waals surface area contributed by atoms with E-state index in [-0.39, 0.29) is 0 Å². The van der Waals surface area contributed by atoms with Gasteiger partial charge in [-0.3, -0.25) is 9.80 Å². The molecule has 1 saturated heterocycles. The van der Waals surface area contributed by atoms with Crippen LogP contribution in [0.1, 0.15) is 25.0 Å². The highest BCUT2D eigenvalue weighted by atomic mass is 16.3. The van der Waals surface area contributed by atoms with E-state index < -0.39 is 0 Å². The maximum absolute atomic E-state index is 9.91. The van der Waals surface area contributed by atoms with Gasteiger partial charge >= 0.3 is 0 Å². The highest BCUT2D eigenvalue weighted by Crippen LogP contribution is 2.22. The number of hydrogen-bond acceptors (Lipinski definition) is 3. The van der Waals surface area contributed by atoms with Crippen LogP contribution in [0.15, 0.2) is 18.2 Å². The van der Waals surface area contributed by atoms with E-state index in [1.807, 2.05) is 6.07 Å². The second-order valence-electron chi connectivity index (χ2n) is 5.69. The second-order valence-corrected chi connectivity index (χ2v) is 5.69. The summed E-state index contributed by atoms with van der Waals surface area (Å²) in [6, 6.07) is 6.98. The van der Waals surface area contributed by atoms with Gasteiger partial charge in [-0.1, -0.05) is 17.7 Å². The van der Waals surface area contributed by atoms with E-state index in [1.54, 1.807) is 6.07 Å². The van der Waals surface area contributed by atoms with E-state index in [2.05, 4.69) is 43.7 Å². The van der Waals surface area contributed by atoms with Gasteiger partial charge in [0.25, 0.3) is 0 Å². The quantitative estimate of drug-likeness (QED) is 0.869. The van der Waals surface area contributed by atoms with Crippen molar-refractivity contribution in [2.75, 3.05) is 20.1 Å². The fourth-order valence-electron chi connectivity index (χ4n) is 2.72. The number of phenols is 1. The summed E-state index contributed by atoms with van der Waals surface area (Å²) in [6.45, 7) is 9.56. The molecule has 0 aliphatic carbocycles. The zero-order valence-electron chi connectivity index (χ0n) is 11.8. The lowest BCUT2D eigenvalue weighted by molar-refractivity contribution is 0.0552. The maximum atomic E-state index is 9.91. The number of piperazine rings is 1. The van der Waals surface area contributed by atoms with Crippen molar-refractivity contribution in [3.8, 4) is 5.75 Å². The Morgan fingerprint density at radius 3 is 2.44 bits per heavy atom. The topological polar surface area (TPSA) is 26.7 Å². The van der Waals surface area contributed by atoms with Gasteiger partial charge in [-0.15, -0.1) is 0 Å². The second kappa shape index (κ2) is 5.29. The van der Waals surface area contributed by atoms with Crippen molar-refractivity contribution < 1.29 is 5.11 Å². The zero-order valence-corrected chi connectivity index (χ0v) is 11.8. The van der Waals surface area contributed by atoms with Gasteiger partial charge in [0.2, 0.25) is 0 Å². The fourth-order valence-corrected chi connectivity index (χ4v) is 2.72. The average Bonchev–Trinajstić information content (AvgIpc) is 2.31. The van der Waals surface area contributed by atoms with Gasteiger partial charge in [0, 0.05) is 37.3 Å². The SMILES string of the molecule is Cc1ccc(O)c(CN2CC(C)N(C)C(C)C2)c1. The standard InChI is InChI=1S/C15H24N2O/c1-11-5-6-15(18)14(7-11)10-17-8-12(2)16(4)13(3)9-17/h5-7,12-13,18H,8-10H2,1-4H3. The van der Waals surface area contributed by atoms with Gasteiger partial charge in [0.1, 0.15) is 5.75 Å². The van der Waals surface area contributed by atoms with Crippen molar-refractivity contribution in [1.82, 2.24) is 9.80 Å². The van der Waals surface area contributed by atoms with Crippen LogP contribution in [-0.2, 0) is 6.54 Å². The van der Waals surface area contributed by atoms with Crippen LogP contribution in [0.25, 0.3) is 0 Å². The third-order valence-electron chi connectivity index (χ3n) is 4.06. The molecule has 0 spiro atoms. The Bertz CT molecular complexity index is 407. The number of likely N-dealkylation sites (N-methyl/N-ethyl adjacent to an activating group) is 1. The fraction of sp³-hybridized carbons (Fsp3) is 0.600. The summed E-state index contributed by atoms with van der Waals surface area (Å²) >= 11 is 0. The molecule has 100 valence electrons. The Morgan fingerprint density at radius 2 is 1.83 bits per heavy atom. The molecule has 3 heteroatoms. The van der Waals surface area contributed by atoms with E-state index in [1.165, 1.54) is 5.56 Å². The number of nitrogens with zero attached hydrogens (tertiary/aromatic N) is 2. The molecule has 0 saturated carbocycles. The van der Waals surface area contributed by atoms with Crippen LogP contribution < -0.4 is 0 Å². The molecule has 0 aromatic heterocycles. The summed E-state index contributed by atoms with van der Waals surface area (Å²) in [5, 5.41) is 9.91. The summed E-state index contributed by atoms with van der Waals surface area (Å²) in [5.74, 6) is 0.417. The van der Waals surface area contributed by atoms with Crippen LogP contribution in [0.5, 0.6) is 5.75 Å². The van der Waals surface area contributed by atoms with E-state index in [9.17, 15) is 5.11 Å². The number of rotatable bonds is 2. The first-order valence-corrected chi connectivity index (χ1v) is 6.70. The molecule has 2 rings (SSSR count). The molecule has 3 nitrogen and oxygen atoms in total. The molecule has 2 unspecified atom stereocenters. The van der Waals surface area contributed by atoms with Crippen molar-refractivity contribution in [2.45, 2.75) is 39.4 Å². The number of aryl methyl sites for hydroxylation is 1. The molecule has 2 atom stereocenters. The lowest BCUT2D eigenvalue weighted by atomic mass is 10.1. The summed E-state index contributed by atoms with van der Waals surface area (Å²) in [6.07, 6.45) is 0. The van der Waals surface area contributed by atoms with Crippen LogP contribution in [0, 0.1) is 6.92 Å². The summed E-state index contributed by atoms with van der Waals surface area (Å²) < 4.78 is 0. The Labute approximate surface area is 110 Å². The van der Waals surface area contributed by atoms with E-state index >= 15 is 0 Å². The number of phenolic OH excluding ortho intramolecular Hbond substituents is 1. The summed E-state index contributed by atoms with van der Waals surface area (Å²) in [7, 11) is 2.19. The lowest BCUT2D eigenvalue weighted by Gasteiger charge is -2.42. The molecule has 1 aromatic carbocycles. The first kappa shape index (κ1) is 13.4. The predicted molar refractivity (Wildman–Crippen MR) is 74.8 cm³/mol. The highest BCUT2D eigenvalue weighted by Gasteiger charge is 2.26. The first-order chi connectivity index (χ1) is 8.47. The van der Waals surface area contributed by atoms with Crippen LogP contribution in [0.4, 0.5) is 0 Å². The maximum Gasteiger partial charge on any atom is 0.120 e. The molecule has 0 radical (unpaired) electrons. The van der Waals surface area contributed by atoms with Crippen molar-refractivity contribution in [3.63, 3.8) is 0 Å². The van der Waals surface area contributed by atoms with Gasteiger partial charge < -0.3 is 5.11 Å². The van der Waals surface area contributed by atoms with Crippen LogP contribution in [0.2, 0.25) is 0 Å². The lowest BCUT2D eigenvalue weighted by Crippen LogP contribution is -2.54. The van der Waals surface area contributed by atoms with Gasteiger partial charge in [0.05, 0.1) is 0 Å². The minimum absolute atomic E-state index is 0.417. The van der Waals surface area contributed by atoms with Gasteiger partial charge in [0.15, 0.2) is 0 Å². The largest absolute Gasteiger partial charge is 0.508 e. The van der Waals surface area contributed by atoms with Gasteiger partial charge in [-0.2, -0.15) is 0 Å². The molecule has 1 aliphatic rings. The highest BCUT2D eigenvalue weighted by molar-refractivity contribution is 5.35. The number of benzene rings is 1. The Balaban J connectivity index is 2.07. The molecule has 1 aromatic rings. The van der Waals surface area contributed by atoms with Gasteiger partial charge in [-0.05, 0) is 33.9 Å². The van der Waals surface area contributed by atoms with E-state index in [0.29, 0.717) is 17.8 Å². The first-order valence-electron chi connectivity index (χ1n) is 6.70. The average molecular weight is 248 g/mol. The summed E-state index contributed by atoms with van der Waals surface area (Å²) in [4.78, 5) is 4.86. The van der Waals surface area contributed by atoms with Crippen LogP contribution in [-0.4, -0.2) is 47.1 Å². The van der Waals surface area contributed by atoms with Crippen LogP contribution in [0.3, 0.4) is 0 Å². The van der Waals surface area contributed by atoms with Gasteiger partial charge in [-0.25, -0.2) is 0 Å². The smallest absolute Gasteiger partial charge is 0.120 e. The van der Waals surface area contributed by atoms with Crippen molar-refractivity contribution >= 4 is 0 Å². The molecular weight excluding hydrogens is 224 g/mol. The van der Waals surface area contributed by atoms with Crippen molar-refractivity contribution in [1.29, 1.82) is 0 Å². The third kappa shape index (κ3) is 2.85. The molecule has 18 heavy (non-hydrogen) atoms. The molecule has 1 aliphatic heterocycles. The Kier molecular flexibility index (Phi) is 3.93. The normalized spacial score (nSPS) is 26.4. The zero-order chi connectivity index (χ0) is 13.3. The minimum Gasteiger partial charge on any atom is -0.508 e. The van der Waals surface area contributed by atoms with Crippen molar-refractivity contribution in [3.05, 3.63) is 29.3 Å². The molecule has 0 amide bonds. The summed E-state index contributed by atoms with van der Waals surface area (Å²) in [5.41, 5.74) is 2.25. The van der Waals surface area contributed by atoms with E-state index in [0.717, 1.165) is 25.2 Å². The third-order valence-corrected chi connectivity index (χ3v) is 4.06. The Morgan fingerprint density at radius 1 is 1.22 bits per heavy atom. The number of hydrogen-bond donors (Lipinski definition) is 1.